The molecule has 1 saturated carbocycles. The van der Waals surface area contributed by atoms with Crippen molar-refractivity contribution >= 4 is 0 Å². The largest absolute Gasteiger partial charge is 0.388 e. The molecule has 1 aliphatic rings. The van der Waals surface area contributed by atoms with Crippen molar-refractivity contribution in [2.45, 2.75) is 51.6 Å². The highest BCUT2D eigenvalue weighted by atomic mass is 16.5. The van der Waals surface area contributed by atoms with Gasteiger partial charge in [-0.15, -0.1) is 0 Å². The van der Waals surface area contributed by atoms with Crippen molar-refractivity contribution < 1.29 is 14.6 Å². The Hall–Kier alpha value is -1.16. The molecule has 0 aromatic heterocycles. The van der Waals surface area contributed by atoms with Gasteiger partial charge in [0.25, 0.3) is 0 Å². The van der Waals surface area contributed by atoms with Crippen molar-refractivity contribution in [3.63, 3.8) is 0 Å². The summed E-state index contributed by atoms with van der Waals surface area (Å²) in [6.07, 6.45) is 10.6. The van der Waals surface area contributed by atoms with Gasteiger partial charge in [-0.2, -0.15) is 0 Å². The quantitative estimate of drug-likeness (QED) is 0.554. The van der Waals surface area contributed by atoms with Gasteiger partial charge in [-0.25, -0.2) is 0 Å². The second-order valence-corrected chi connectivity index (χ2v) is 7.95. The van der Waals surface area contributed by atoms with Crippen LogP contribution in [-0.2, 0) is 9.47 Å². The first-order valence-electron chi connectivity index (χ1n) is 10.00. The van der Waals surface area contributed by atoms with E-state index in [4.69, 9.17) is 9.47 Å². The van der Waals surface area contributed by atoms with E-state index in [0.29, 0.717) is 12.3 Å². The van der Waals surface area contributed by atoms with Crippen molar-refractivity contribution in [3.05, 3.63) is 48.0 Å². The molecule has 0 heterocycles. The van der Waals surface area contributed by atoms with Crippen molar-refractivity contribution in [2.75, 3.05) is 27.4 Å². The summed E-state index contributed by atoms with van der Waals surface area (Å²) in [6, 6.07) is 9.89. The van der Waals surface area contributed by atoms with Crippen LogP contribution < -0.4 is 0 Å². The molecule has 2 rings (SSSR count). The van der Waals surface area contributed by atoms with E-state index in [1.54, 1.807) is 14.2 Å². The zero-order valence-electron chi connectivity index (χ0n) is 16.7. The zero-order valence-corrected chi connectivity index (χ0v) is 16.7. The highest BCUT2D eigenvalue weighted by Gasteiger charge is 2.44. The van der Waals surface area contributed by atoms with Crippen LogP contribution in [0.1, 0.15) is 57.1 Å². The summed E-state index contributed by atoms with van der Waals surface area (Å²) >= 11 is 0. The molecule has 26 heavy (non-hydrogen) atoms. The lowest BCUT2D eigenvalue weighted by molar-refractivity contribution is 0.0103. The molecule has 3 nitrogen and oxygen atoms in total. The monoisotopic (exact) mass is 360 g/mol. The van der Waals surface area contributed by atoms with Crippen LogP contribution in [0.15, 0.2) is 42.5 Å². The minimum atomic E-state index is -0.413. The minimum Gasteiger partial charge on any atom is -0.388 e. The van der Waals surface area contributed by atoms with Crippen LogP contribution in [0.25, 0.3) is 0 Å². The maximum atomic E-state index is 10.3. The van der Waals surface area contributed by atoms with Crippen LogP contribution >= 0.6 is 0 Å². The standard InChI is InChI=1S/C23H36O3/c1-4-10-20-15-23(17-25-2,18-26-3)16-21(20)13-8-9-14-22(24)19-11-6-5-7-12-19/h5-9,11-12,20-22,24H,4,10,13-18H2,1-3H3/b9-8+/t20-,21-,22?/m0/s1. The topological polar surface area (TPSA) is 38.7 Å². The summed E-state index contributed by atoms with van der Waals surface area (Å²) in [6.45, 7) is 3.84. The maximum absolute atomic E-state index is 10.3. The van der Waals surface area contributed by atoms with E-state index < -0.39 is 6.10 Å². The normalized spacial score (nSPS) is 23.5. The summed E-state index contributed by atoms with van der Waals surface area (Å²) in [5, 5.41) is 10.3. The molecule has 0 bridgehead atoms. The molecule has 0 aliphatic heterocycles. The van der Waals surface area contributed by atoms with Gasteiger partial charge in [0, 0.05) is 19.6 Å². The Bertz CT molecular complexity index is 520. The van der Waals surface area contributed by atoms with Gasteiger partial charge >= 0.3 is 0 Å². The predicted molar refractivity (Wildman–Crippen MR) is 107 cm³/mol. The molecule has 3 heteroatoms. The number of methoxy groups -OCH3 is 2. The number of ether oxygens (including phenoxy) is 2. The van der Waals surface area contributed by atoms with Crippen molar-refractivity contribution in [3.8, 4) is 0 Å². The van der Waals surface area contributed by atoms with Crippen molar-refractivity contribution in [1.29, 1.82) is 0 Å². The number of hydrogen-bond donors (Lipinski definition) is 1. The van der Waals surface area contributed by atoms with E-state index in [-0.39, 0.29) is 5.41 Å². The average Bonchev–Trinajstić information content (AvgIpc) is 2.97. The van der Waals surface area contributed by atoms with Gasteiger partial charge in [-0.3, -0.25) is 0 Å². The molecule has 146 valence electrons. The molecule has 0 radical (unpaired) electrons. The number of benzene rings is 1. The Morgan fingerprint density at radius 2 is 1.73 bits per heavy atom. The van der Waals surface area contributed by atoms with Gasteiger partial charge in [-0.05, 0) is 43.1 Å². The summed E-state index contributed by atoms with van der Waals surface area (Å²) in [5.41, 5.74) is 1.16. The van der Waals surface area contributed by atoms with Crippen LogP contribution in [0.5, 0.6) is 0 Å². The molecular weight excluding hydrogens is 324 g/mol. The minimum absolute atomic E-state index is 0.172. The van der Waals surface area contributed by atoms with Gasteiger partial charge in [0.05, 0.1) is 19.3 Å². The van der Waals surface area contributed by atoms with Gasteiger partial charge < -0.3 is 14.6 Å². The van der Waals surface area contributed by atoms with Crippen LogP contribution in [0, 0.1) is 17.3 Å². The molecule has 3 atom stereocenters. The Morgan fingerprint density at radius 1 is 1.08 bits per heavy atom. The van der Waals surface area contributed by atoms with E-state index in [0.717, 1.165) is 31.1 Å². The fourth-order valence-electron chi connectivity index (χ4n) is 4.71. The number of aliphatic hydroxyl groups is 1. The summed E-state index contributed by atoms with van der Waals surface area (Å²) in [4.78, 5) is 0. The lowest BCUT2D eigenvalue weighted by atomic mass is 9.86. The molecule has 0 spiro atoms. The number of allylic oxidation sites excluding steroid dienone is 1. The third kappa shape index (κ3) is 5.94. The Morgan fingerprint density at radius 3 is 2.35 bits per heavy atom. The summed E-state index contributed by atoms with van der Waals surface area (Å²) in [7, 11) is 3.59. The van der Waals surface area contributed by atoms with E-state index in [2.05, 4.69) is 19.1 Å². The number of aliphatic hydroxyl groups excluding tert-OH is 1. The van der Waals surface area contributed by atoms with Crippen molar-refractivity contribution in [1.82, 2.24) is 0 Å². The highest BCUT2D eigenvalue weighted by Crippen LogP contribution is 2.49. The summed E-state index contributed by atoms with van der Waals surface area (Å²) in [5.74, 6) is 1.43. The van der Waals surface area contributed by atoms with E-state index >= 15 is 0 Å². The number of rotatable bonds is 11. The molecule has 0 amide bonds. The number of hydrogen-bond acceptors (Lipinski definition) is 3. The fraction of sp³-hybridized carbons (Fsp3) is 0.652. The summed E-state index contributed by atoms with van der Waals surface area (Å²) < 4.78 is 11.1. The predicted octanol–water partition coefficient (Wildman–Crippen LogP) is 5.16. The average molecular weight is 361 g/mol. The van der Waals surface area contributed by atoms with Gasteiger partial charge in [0.15, 0.2) is 0 Å². The van der Waals surface area contributed by atoms with E-state index in [9.17, 15) is 5.11 Å². The molecule has 1 N–H and O–H groups in total. The first-order valence-corrected chi connectivity index (χ1v) is 10.00. The second-order valence-electron chi connectivity index (χ2n) is 7.95. The fourth-order valence-corrected chi connectivity index (χ4v) is 4.71. The SMILES string of the molecule is CCC[C@H]1CC(COC)(COC)C[C@@H]1C/C=C/CC(O)c1ccccc1. The first kappa shape index (κ1) is 21.1. The van der Waals surface area contributed by atoms with Crippen LogP contribution in [-0.4, -0.2) is 32.5 Å². The van der Waals surface area contributed by atoms with Crippen LogP contribution in [0.2, 0.25) is 0 Å². The van der Waals surface area contributed by atoms with Crippen molar-refractivity contribution in [2.24, 2.45) is 17.3 Å². The molecule has 1 aromatic rings. The van der Waals surface area contributed by atoms with Gasteiger partial charge in [0.2, 0.25) is 0 Å². The molecule has 1 aromatic carbocycles. The van der Waals surface area contributed by atoms with Gasteiger partial charge in [-0.1, -0.05) is 62.2 Å². The Labute approximate surface area is 159 Å². The van der Waals surface area contributed by atoms with Crippen LogP contribution in [0.3, 0.4) is 0 Å². The molecular formula is C23H36O3. The lowest BCUT2D eigenvalue weighted by Gasteiger charge is -2.27. The Balaban J connectivity index is 1.91. The second kappa shape index (κ2) is 10.9. The lowest BCUT2D eigenvalue weighted by Crippen LogP contribution is -2.29. The van der Waals surface area contributed by atoms with Gasteiger partial charge in [0.1, 0.15) is 0 Å². The zero-order chi connectivity index (χ0) is 18.8. The highest BCUT2D eigenvalue weighted by molar-refractivity contribution is 5.18. The molecule has 1 aliphatic carbocycles. The molecule has 1 fully saturated rings. The van der Waals surface area contributed by atoms with E-state index in [1.165, 1.54) is 25.7 Å². The first-order chi connectivity index (χ1) is 12.6. The maximum Gasteiger partial charge on any atom is 0.0824 e. The third-order valence-corrected chi connectivity index (χ3v) is 5.77. The van der Waals surface area contributed by atoms with Crippen LogP contribution in [0.4, 0.5) is 0 Å². The third-order valence-electron chi connectivity index (χ3n) is 5.77. The molecule has 1 unspecified atom stereocenters. The smallest absolute Gasteiger partial charge is 0.0824 e. The molecule has 0 saturated heterocycles. The Kier molecular flexibility index (Phi) is 8.83. The van der Waals surface area contributed by atoms with E-state index in [1.807, 2.05) is 30.3 Å².